The molecular weight excluding hydrogens is 220 g/mol. The van der Waals surface area contributed by atoms with Crippen molar-refractivity contribution in [1.82, 2.24) is 15.5 Å². The lowest BCUT2D eigenvalue weighted by Gasteiger charge is -2.05. The Kier molecular flexibility index (Phi) is 4.11. The number of nitrogens with one attached hydrogen (secondary N) is 3. The first-order chi connectivity index (χ1) is 7.15. The van der Waals surface area contributed by atoms with E-state index in [0.29, 0.717) is 18.7 Å². The van der Waals surface area contributed by atoms with Crippen molar-refractivity contribution < 1.29 is 4.79 Å². The van der Waals surface area contributed by atoms with Gasteiger partial charge in [-0.3, -0.25) is 9.59 Å². The fourth-order valence-electron chi connectivity index (χ4n) is 0.942. The van der Waals surface area contributed by atoms with Crippen LogP contribution >= 0.6 is 11.6 Å². The highest BCUT2D eigenvalue weighted by molar-refractivity contribution is 6.32. The number of nitrogens with zero attached hydrogens (tertiary/aromatic N) is 1. The van der Waals surface area contributed by atoms with Crippen molar-refractivity contribution in [2.75, 3.05) is 18.9 Å². The van der Waals surface area contributed by atoms with Crippen LogP contribution in [0.15, 0.2) is 11.0 Å². The van der Waals surface area contributed by atoms with Gasteiger partial charge in [0.1, 0.15) is 5.02 Å². The summed E-state index contributed by atoms with van der Waals surface area (Å²) in [6.07, 6.45) is 1.70. The van der Waals surface area contributed by atoms with Gasteiger partial charge in [0.05, 0.1) is 11.9 Å². The van der Waals surface area contributed by atoms with E-state index in [1.54, 1.807) is 7.05 Å². The fraction of sp³-hybridized carbons (Fsp3) is 0.375. The third-order valence-corrected chi connectivity index (χ3v) is 2.12. The maximum atomic E-state index is 11.0. The van der Waals surface area contributed by atoms with Crippen molar-refractivity contribution in [1.29, 1.82) is 0 Å². The second kappa shape index (κ2) is 5.35. The summed E-state index contributed by atoms with van der Waals surface area (Å²) in [4.78, 5) is 21.9. The Bertz CT molecular complexity index is 404. The zero-order chi connectivity index (χ0) is 11.3. The first kappa shape index (κ1) is 11.5. The molecule has 0 aliphatic heterocycles. The van der Waals surface area contributed by atoms with E-state index in [0.717, 1.165) is 0 Å². The van der Waals surface area contributed by atoms with Gasteiger partial charge in [-0.2, -0.15) is 5.10 Å². The monoisotopic (exact) mass is 230 g/mol. The summed E-state index contributed by atoms with van der Waals surface area (Å²) >= 11 is 5.70. The first-order valence-electron chi connectivity index (χ1n) is 4.32. The van der Waals surface area contributed by atoms with Gasteiger partial charge in [-0.15, -0.1) is 0 Å². The first-order valence-corrected chi connectivity index (χ1v) is 4.70. The molecule has 0 radical (unpaired) electrons. The van der Waals surface area contributed by atoms with Crippen LogP contribution in [0.1, 0.15) is 6.42 Å². The Morgan fingerprint density at radius 1 is 1.67 bits per heavy atom. The van der Waals surface area contributed by atoms with Crippen molar-refractivity contribution >= 4 is 23.2 Å². The molecule has 0 spiro atoms. The summed E-state index contributed by atoms with van der Waals surface area (Å²) in [5, 5.41) is 11.1. The van der Waals surface area contributed by atoms with Gasteiger partial charge in [0, 0.05) is 20.0 Å². The number of carbonyl (C=O) groups is 1. The second-order valence-electron chi connectivity index (χ2n) is 2.78. The molecule has 0 atom stereocenters. The third kappa shape index (κ3) is 3.25. The molecule has 1 aromatic heterocycles. The van der Waals surface area contributed by atoms with Crippen LogP contribution < -0.4 is 16.2 Å². The average molecular weight is 231 g/mol. The van der Waals surface area contributed by atoms with Crippen LogP contribution in [0.2, 0.25) is 5.02 Å². The molecule has 3 N–H and O–H groups in total. The molecule has 1 rings (SSSR count). The van der Waals surface area contributed by atoms with Gasteiger partial charge in [-0.05, 0) is 0 Å². The van der Waals surface area contributed by atoms with Crippen molar-refractivity contribution in [2.45, 2.75) is 6.42 Å². The molecule has 0 saturated carbocycles. The number of anilines is 1. The summed E-state index contributed by atoms with van der Waals surface area (Å²) in [5.74, 6) is -0.0866. The predicted molar refractivity (Wildman–Crippen MR) is 57.0 cm³/mol. The maximum Gasteiger partial charge on any atom is 0.285 e. The normalized spacial score (nSPS) is 9.73. The van der Waals surface area contributed by atoms with Crippen molar-refractivity contribution in [2.24, 2.45) is 0 Å². The Labute approximate surface area is 91.0 Å². The molecule has 6 nitrogen and oxygen atoms in total. The summed E-state index contributed by atoms with van der Waals surface area (Å²) in [6.45, 7) is 0.393. The Morgan fingerprint density at radius 2 is 2.40 bits per heavy atom. The smallest absolute Gasteiger partial charge is 0.285 e. The number of amides is 1. The maximum absolute atomic E-state index is 11.0. The van der Waals surface area contributed by atoms with Gasteiger partial charge >= 0.3 is 0 Å². The lowest BCUT2D eigenvalue weighted by atomic mass is 10.3. The molecule has 0 bridgehead atoms. The Balaban J connectivity index is 2.55. The highest BCUT2D eigenvalue weighted by Gasteiger charge is 2.04. The number of hydrogen-bond donors (Lipinski definition) is 3. The molecule has 15 heavy (non-hydrogen) atoms. The van der Waals surface area contributed by atoms with Crippen LogP contribution in [-0.4, -0.2) is 29.7 Å². The molecule has 0 aromatic carbocycles. The predicted octanol–water partition coefficient (Wildman–Crippen LogP) is -0.0287. The molecule has 0 unspecified atom stereocenters. The highest BCUT2D eigenvalue weighted by Crippen LogP contribution is 2.13. The minimum Gasteiger partial charge on any atom is -0.382 e. The van der Waals surface area contributed by atoms with Gasteiger partial charge < -0.3 is 10.6 Å². The zero-order valence-electron chi connectivity index (χ0n) is 8.13. The molecule has 1 heterocycles. The summed E-state index contributed by atoms with van der Waals surface area (Å²) in [7, 11) is 1.56. The number of aromatic nitrogens is 2. The summed E-state index contributed by atoms with van der Waals surface area (Å²) < 4.78 is 0. The van der Waals surface area contributed by atoms with Gasteiger partial charge in [0.2, 0.25) is 5.91 Å². The molecule has 1 amide bonds. The lowest BCUT2D eigenvalue weighted by Crippen LogP contribution is -2.21. The SMILES string of the molecule is CNC(=O)CCNc1cn[nH]c(=O)c1Cl. The molecule has 7 heteroatoms. The van der Waals surface area contributed by atoms with Crippen LogP contribution in [0.25, 0.3) is 0 Å². The van der Waals surface area contributed by atoms with Crippen LogP contribution in [0.4, 0.5) is 5.69 Å². The van der Waals surface area contributed by atoms with E-state index in [1.165, 1.54) is 6.20 Å². The van der Waals surface area contributed by atoms with E-state index in [9.17, 15) is 9.59 Å². The van der Waals surface area contributed by atoms with Gasteiger partial charge in [-0.25, -0.2) is 5.10 Å². The van der Waals surface area contributed by atoms with Crippen LogP contribution in [0.5, 0.6) is 0 Å². The number of hydrogen-bond acceptors (Lipinski definition) is 4. The van der Waals surface area contributed by atoms with E-state index < -0.39 is 5.56 Å². The molecular formula is C8H11ClN4O2. The standard InChI is InChI=1S/C8H11ClN4O2/c1-10-6(14)2-3-11-5-4-12-13-8(15)7(5)9/h4H,2-3H2,1H3,(H,10,14)(H2,11,13,15). The van der Waals surface area contributed by atoms with E-state index in [-0.39, 0.29) is 10.9 Å². The minimum absolute atomic E-state index is 0.0434. The van der Waals surface area contributed by atoms with Crippen LogP contribution in [0, 0.1) is 0 Å². The highest BCUT2D eigenvalue weighted by atomic mass is 35.5. The Hall–Kier alpha value is -1.56. The van der Waals surface area contributed by atoms with E-state index in [1.807, 2.05) is 0 Å². The molecule has 0 aliphatic carbocycles. The zero-order valence-corrected chi connectivity index (χ0v) is 8.89. The quantitative estimate of drug-likeness (QED) is 0.678. The molecule has 82 valence electrons. The summed E-state index contributed by atoms with van der Waals surface area (Å²) in [5.41, 5.74) is -0.0362. The minimum atomic E-state index is -0.457. The topological polar surface area (TPSA) is 86.9 Å². The molecule has 0 aliphatic rings. The molecule has 0 fully saturated rings. The van der Waals surface area contributed by atoms with Crippen LogP contribution in [-0.2, 0) is 4.79 Å². The van der Waals surface area contributed by atoms with E-state index in [2.05, 4.69) is 20.8 Å². The van der Waals surface area contributed by atoms with Gasteiger partial charge in [-0.1, -0.05) is 11.6 Å². The van der Waals surface area contributed by atoms with Crippen molar-refractivity contribution in [3.05, 3.63) is 21.6 Å². The van der Waals surface area contributed by atoms with E-state index in [4.69, 9.17) is 11.6 Å². The molecule has 1 aromatic rings. The van der Waals surface area contributed by atoms with Crippen molar-refractivity contribution in [3.8, 4) is 0 Å². The van der Waals surface area contributed by atoms with Crippen molar-refractivity contribution in [3.63, 3.8) is 0 Å². The number of H-pyrrole nitrogens is 1. The number of aromatic amines is 1. The van der Waals surface area contributed by atoms with Crippen LogP contribution in [0.3, 0.4) is 0 Å². The summed E-state index contributed by atoms with van der Waals surface area (Å²) in [6, 6.07) is 0. The lowest BCUT2D eigenvalue weighted by molar-refractivity contribution is -0.120. The van der Waals surface area contributed by atoms with E-state index >= 15 is 0 Å². The van der Waals surface area contributed by atoms with Gasteiger partial charge in [0.15, 0.2) is 0 Å². The van der Waals surface area contributed by atoms with Gasteiger partial charge in [0.25, 0.3) is 5.56 Å². The Morgan fingerprint density at radius 3 is 3.07 bits per heavy atom. The second-order valence-corrected chi connectivity index (χ2v) is 3.15. The number of halogens is 1. The molecule has 0 saturated heterocycles. The number of rotatable bonds is 4. The fourth-order valence-corrected chi connectivity index (χ4v) is 1.10. The number of carbonyl (C=O) groups excluding carboxylic acids is 1. The average Bonchev–Trinajstić information content (AvgIpc) is 2.24. The largest absolute Gasteiger partial charge is 0.382 e. The third-order valence-electron chi connectivity index (χ3n) is 1.74.